The van der Waals surface area contributed by atoms with Gasteiger partial charge >= 0.3 is 0 Å². The Bertz CT molecular complexity index is 1090. The van der Waals surface area contributed by atoms with Crippen LogP contribution in [0.1, 0.15) is 127 Å². The molecule has 2 amide bonds. The van der Waals surface area contributed by atoms with Gasteiger partial charge in [0.1, 0.15) is 0 Å². The Hall–Kier alpha value is -2.66. The van der Waals surface area contributed by atoms with Gasteiger partial charge in [0, 0.05) is 27.8 Å². The third-order valence-electron chi connectivity index (χ3n) is 6.11. The van der Waals surface area contributed by atoms with E-state index in [1.165, 1.54) is 5.56 Å². The summed E-state index contributed by atoms with van der Waals surface area (Å²) in [5.74, 6) is -0.103. The fraction of sp³-hybridized carbons (Fsp3) is 0.548. The van der Waals surface area contributed by atoms with E-state index in [9.17, 15) is 14.7 Å². The number of hydrogen-bond acceptors (Lipinski definition) is 3. The maximum absolute atomic E-state index is 12.4. The Kier molecular flexibility index (Phi) is 8.22. The summed E-state index contributed by atoms with van der Waals surface area (Å²) in [5.41, 5.74) is 3.98. The van der Waals surface area contributed by atoms with Gasteiger partial charge in [0.2, 0.25) is 0 Å². The third-order valence-corrected chi connectivity index (χ3v) is 6.11. The van der Waals surface area contributed by atoms with Crippen molar-refractivity contribution in [3.63, 3.8) is 0 Å². The molecule has 2 aromatic carbocycles. The molecule has 0 aromatic heterocycles. The van der Waals surface area contributed by atoms with Crippen LogP contribution in [0.3, 0.4) is 0 Å². The van der Waals surface area contributed by atoms with E-state index in [-0.39, 0.29) is 28.2 Å². The van der Waals surface area contributed by atoms with Gasteiger partial charge in [0.25, 0.3) is 11.8 Å². The van der Waals surface area contributed by atoms with Crippen molar-refractivity contribution in [1.29, 1.82) is 0 Å². The predicted molar refractivity (Wildman–Crippen MR) is 148 cm³/mol. The number of aliphatic hydroxyl groups is 1. The number of hydrogen-bond donors (Lipinski definition) is 2. The average molecular weight is 495 g/mol. The Morgan fingerprint density at radius 3 is 1.67 bits per heavy atom. The van der Waals surface area contributed by atoms with Gasteiger partial charge in [0.05, 0.1) is 0 Å². The van der Waals surface area contributed by atoms with E-state index in [0.29, 0.717) is 11.1 Å². The zero-order valence-electron chi connectivity index (χ0n) is 24.3. The van der Waals surface area contributed by atoms with Crippen LogP contribution in [-0.2, 0) is 10.8 Å². The minimum absolute atomic E-state index is 0.00689. The first-order chi connectivity index (χ1) is 16.1. The molecule has 1 atom stereocenters. The van der Waals surface area contributed by atoms with Gasteiger partial charge in [-0.15, -0.1) is 0 Å². The maximum atomic E-state index is 12.4. The topological polar surface area (TPSA) is 69.6 Å². The largest absolute Gasteiger partial charge is 0.369 e. The van der Waals surface area contributed by atoms with Crippen molar-refractivity contribution in [3.8, 4) is 0 Å². The second kappa shape index (κ2) is 10.0. The second-order valence-electron chi connectivity index (χ2n) is 13.8. The summed E-state index contributed by atoms with van der Waals surface area (Å²) in [5, 5.41) is 13.4. The normalized spacial score (nSPS) is 16.3. The zero-order valence-corrected chi connectivity index (χ0v) is 24.3. The highest BCUT2D eigenvalue weighted by molar-refractivity contribution is 5.99. The van der Waals surface area contributed by atoms with Crippen molar-refractivity contribution in [2.24, 2.45) is 0 Å². The first-order valence-electron chi connectivity index (χ1n) is 12.7. The lowest BCUT2D eigenvalue weighted by Crippen LogP contribution is -2.43. The van der Waals surface area contributed by atoms with Gasteiger partial charge in [-0.05, 0) is 87.8 Å². The summed E-state index contributed by atoms with van der Waals surface area (Å²) in [6.45, 7) is 24.6. The van der Waals surface area contributed by atoms with Crippen LogP contribution < -0.4 is 5.32 Å². The number of aliphatic hydroxyl groups excluding tert-OH is 1. The first-order valence-corrected chi connectivity index (χ1v) is 12.7. The highest BCUT2D eigenvalue weighted by atomic mass is 16.3. The van der Waals surface area contributed by atoms with Crippen LogP contribution in [0.2, 0.25) is 0 Å². The molecule has 1 aliphatic rings. The average Bonchev–Trinajstić information content (AvgIpc) is 2.96. The van der Waals surface area contributed by atoms with Crippen molar-refractivity contribution in [2.45, 2.75) is 111 Å². The number of fused-ring (bicyclic) bond motifs is 1. The Morgan fingerprint density at radius 1 is 0.778 bits per heavy atom. The highest BCUT2D eigenvalue weighted by Crippen LogP contribution is 2.38. The van der Waals surface area contributed by atoms with Crippen molar-refractivity contribution >= 4 is 11.8 Å². The van der Waals surface area contributed by atoms with Crippen LogP contribution in [0.4, 0.5) is 0 Å². The lowest BCUT2D eigenvalue weighted by atomic mass is 9.85. The van der Waals surface area contributed by atoms with Gasteiger partial charge in [-0.2, -0.15) is 0 Å². The summed E-state index contributed by atoms with van der Waals surface area (Å²) in [6.07, 6.45) is -0.843. The molecule has 1 heterocycles. The molecule has 0 saturated carbocycles. The molecule has 0 aliphatic carbocycles. The summed E-state index contributed by atoms with van der Waals surface area (Å²) in [7, 11) is 0. The summed E-state index contributed by atoms with van der Waals surface area (Å²) >= 11 is 0. The molecule has 36 heavy (non-hydrogen) atoms. The van der Waals surface area contributed by atoms with Gasteiger partial charge in [-0.1, -0.05) is 59.7 Å². The van der Waals surface area contributed by atoms with E-state index < -0.39 is 11.8 Å². The highest BCUT2D eigenvalue weighted by Gasteiger charge is 2.42. The molecule has 2 N–H and O–H groups in total. The molecule has 5 nitrogen and oxygen atoms in total. The van der Waals surface area contributed by atoms with Crippen LogP contribution in [0, 0.1) is 0 Å². The van der Waals surface area contributed by atoms with Crippen molar-refractivity contribution < 1.29 is 14.7 Å². The molecular formula is C31H46N2O3. The number of rotatable bonds is 1. The zero-order chi connectivity index (χ0) is 27.9. The lowest BCUT2D eigenvalue weighted by Gasteiger charge is -2.34. The molecule has 1 unspecified atom stereocenters. The molecule has 198 valence electrons. The number of benzene rings is 2. The quantitative estimate of drug-likeness (QED) is 0.461. The minimum Gasteiger partial charge on any atom is -0.369 e. The Balaban J connectivity index is 0.000000255. The number of carbonyl (C=O) groups is 2. The second-order valence-corrected chi connectivity index (χ2v) is 13.8. The first kappa shape index (κ1) is 29.6. The molecule has 0 radical (unpaired) electrons. The molecule has 5 heteroatoms. The van der Waals surface area contributed by atoms with Gasteiger partial charge in [-0.25, -0.2) is 0 Å². The molecule has 0 bridgehead atoms. The minimum atomic E-state index is -0.843. The lowest BCUT2D eigenvalue weighted by molar-refractivity contribution is -0.0228. The number of amides is 2. The Morgan fingerprint density at radius 2 is 1.25 bits per heavy atom. The van der Waals surface area contributed by atoms with E-state index in [0.717, 1.165) is 11.1 Å². The molecule has 0 saturated heterocycles. The molecule has 3 rings (SSSR count). The van der Waals surface area contributed by atoms with E-state index in [2.05, 4.69) is 46.9 Å². The van der Waals surface area contributed by atoms with Crippen LogP contribution in [-0.4, -0.2) is 32.9 Å². The molecule has 1 aliphatic heterocycles. The van der Waals surface area contributed by atoms with Crippen LogP contribution in [0.25, 0.3) is 0 Å². The van der Waals surface area contributed by atoms with E-state index in [1.54, 1.807) is 4.90 Å². The molecule has 2 aromatic rings. The standard InChI is InChI=1S/C16H23NO2.C15H23NO/c1-15(2,3)10-7-8-11-12(9-10)14(19)17(13(11)18)16(4,5)6;1-14(2,3)12-9-7-11(8-10-12)13(17)16-15(4,5)6/h7-9,14,19H,1-6H3;7-10H,1-6H3,(H,16,17). The fourth-order valence-electron chi connectivity index (χ4n) is 4.02. The van der Waals surface area contributed by atoms with Crippen LogP contribution in [0.15, 0.2) is 42.5 Å². The van der Waals surface area contributed by atoms with Crippen molar-refractivity contribution in [3.05, 3.63) is 70.3 Å². The van der Waals surface area contributed by atoms with E-state index in [4.69, 9.17) is 0 Å². The molecule has 0 spiro atoms. The summed E-state index contributed by atoms with van der Waals surface area (Å²) < 4.78 is 0. The van der Waals surface area contributed by atoms with Crippen LogP contribution in [0.5, 0.6) is 0 Å². The number of nitrogens with one attached hydrogen (secondary N) is 1. The van der Waals surface area contributed by atoms with E-state index >= 15 is 0 Å². The van der Waals surface area contributed by atoms with Crippen molar-refractivity contribution in [2.75, 3.05) is 0 Å². The summed E-state index contributed by atoms with van der Waals surface area (Å²) in [4.78, 5) is 25.8. The SMILES string of the molecule is CC(C)(C)NC(=O)c1ccc(C(C)(C)C)cc1.CC(C)(C)c1ccc2c(c1)C(O)N(C(C)(C)C)C2=O. The van der Waals surface area contributed by atoms with Crippen LogP contribution >= 0.6 is 0 Å². The smallest absolute Gasteiger partial charge is 0.257 e. The fourth-order valence-corrected chi connectivity index (χ4v) is 4.02. The number of carbonyl (C=O) groups excluding carboxylic acids is 2. The molecule has 0 fully saturated rings. The molecular weight excluding hydrogens is 448 g/mol. The van der Waals surface area contributed by atoms with E-state index in [1.807, 2.05) is 84.0 Å². The number of nitrogens with zero attached hydrogens (tertiary/aromatic N) is 1. The van der Waals surface area contributed by atoms with Crippen molar-refractivity contribution in [1.82, 2.24) is 10.2 Å². The monoisotopic (exact) mass is 494 g/mol. The van der Waals surface area contributed by atoms with Gasteiger partial charge in [0.15, 0.2) is 6.23 Å². The van der Waals surface area contributed by atoms with Gasteiger partial charge in [-0.3, -0.25) is 9.59 Å². The predicted octanol–water partition coefficient (Wildman–Crippen LogP) is 6.74. The van der Waals surface area contributed by atoms with Gasteiger partial charge < -0.3 is 15.3 Å². The third kappa shape index (κ3) is 7.19. The Labute approximate surface area is 218 Å². The maximum Gasteiger partial charge on any atom is 0.257 e. The summed E-state index contributed by atoms with van der Waals surface area (Å²) in [6, 6.07) is 13.6.